The number of methoxy groups -OCH3 is 1. The minimum Gasteiger partial charge on any atom is -0.497 e. The fourth-order valence-electron chi connectivity index (χ4n) is 4.04. The minimum atomic E-state index is 0. The summed E-state index contributed by atoms with van der Waals surface area (Å²) >= 11 is 0. The number of amides is 2. The lowest BCUT2D eigenvalue weighted by atomic mass is 10.1. The lowest BCUT2D eigenvalue weighted by Gasteiger charge is -2.37. The van der Waals surface area contributed by atoms with E-state index in [1.165, 1.54) is 0 Å². The van der Waals surface area contributed by atoms with Crippen molar-refractivity contribution in [1.29, 1.82) is 0 Å². The van der Waals surface area contributed by atoms with E-state index in [9.17, 15) is 4.79 Å². The average molecular weight is 426 g/mol. The van der Waals surface area contributed by atoms with Gasteiger partial charge in [-0.3, -0.25) is 4.90 Å². The maximum atomic E-state index is 13.4. The number of urea groups is 1. The Kier molecular flexibility index (Phi) is 5.65. The van der Waals surface area contributed by atoms with E-state index in [4.69, 9.17) is 4.74 Å². The summed E-state index contributed by atoms with van der Waals surface area (Å²) in [7, 11) is 1.66. The third-order valence-corrected chi connectivity index (χ3v) is 5.58. The van der Waals surface area contributed by atoms with Crippen LogP contribution < -0.4 is 15.0 Å². The van der Waals surface area contributed by atoms with Crippen molar-refractivity contribution in [3.8, 4) is 28.4 Å². The predicted molar refractivity (Wildman–Crippen MR) is 119 cm³/mol. The zero-order chi connectivity index (χ0) is 19.8. The number of halogens is 1. The summed E-state index contributed by atoms with van der Waals surface area (Å²) in [6.07, 6.45) is 1.89. The first-order valence-electron chi connectivity index (χ1n) is 9.83. The highest BCUT2D eigenvalue weighted by molar-refractivity contribution is 5.97. The highest BCUT2D eigenvalue weighted by Gasteiger charge is 2.31. The number of para-hydroxylation sites is 1. The molecule has 0 spiro atoms. The number of carbonyl (C=O) groups excluding carboxylic acids is 1. The standard InChI is InChI=1S/C22H23N5O2.ClH/c1-29-17-8-6-16(7-9-17)21-24-14-20-18-4-2-3-5-19(18)27(15-26(20)21)22(28)25-12-10-23-11-13-25;/h2-9,14,23H,10-13,15H2,1H3;1H. The van der Waals surface area contributed by atoms with E-state index in [-0.39, 0.29) is 18.4 Å². The lowest BCUT2D eigenvalue weighted by Crippen LogP contribution is -2.52. The van der Waals surface area contributed by atoms with Crippen molar-refractivity contribution in [2.75, 3.05) is 38.2 Å². The Morgan fingerprint density at radius 2 is 1.80 bits per heavy atom. The molecule has 3 aromatic rings. The second kappa shape index (κ2) is 8.38. The van der Waals surface area contributed by atoms with Gasteiger partial charge in [0.2, 0.25) is 0 Å². The van der Waals surface area contributed by atoms with Crippen LogP contribution in [-0.4, -0.2) is 53.8 Å². The summed E-state index contributed by atoms with van der Waals surface area (Å²) in [5.74, 6) is 1.65. The number of benzene rings is 2. The number of nitrogens with one attached hydrogen (secondary N) is 1. The minimum absolute atomic E-state index is 0. The monoisotopic (exact) mass is 425 g/mol. The molecule has 5 rings (SSSR count). The largest absolute Gasteiger partial charge is 0.497 e. The molecule has 7 nitrogen and oxygen atoms in total. The van der Waals surface area contributed by atoms with E-state index in [1.807, 2.05) is 58.5 Å². The molecule has 2 aliphatic heterocycles. The van der Waals surface area contributed by atoms with E-state index in [2.05, 4.69) is 20.9 Å². The van der Waals surface area contributed by atoms with Gasteiger partial charge in [-0.05, 0) is 30.3 Å². The van der Waals surface area contributed by atoms with Crippen LogP contribution in [0, 0.1) is 0 Å². The van der Waals surface area contributed by atoms with Crippen molar-refractivity contribution in [1.82, 2.24) is 19.8 Å². The zero-order valence-electron chi connectivity index (χ0n) is 16.7. The van der Waals surface area contributed by atoms with Crippen molar-refractivity contribution in [2.24, 2.45) is 0 Å². The second-order valence-corrected chi connectivity index (χ2v) is 7.23. The number of imidazole rings is 1. The molecule has 0 atom stereocenters. The first-order valence-corrected chi connectivity index (χ1v) is 9.83. The maximum absolute atomic E-state index is 13.4. The molecular weight excluding hydrogens is 402 g/mol. The first kappa shape index (κ1) is 20.3. The van der Waals surface area contributed by atoms with Gasteiger partial charge in [0.15, 0.2) is 0 Å². The van der Waals surface area contributed by atoms with Crippen LogP contribution in [0.1, 0.15) is 0 Å². The Hall–Kier alpha value is -3.03. The summed E-state index contributed by atoms with van der Waals surface area (Å²) in [6.45, 7) is 3.54. The van der Waals surface area contributed by atoms with Crippen LogP contribution in [0.15, 0.2) is 54.7 Å². The maximum Gasteiger partial charge on any atom is 0.326 e. The van der Waals surface area contributed by atoms with Crippen molar-refractivity contribution in [2.45, 2.75) is 6.67 Å². The molecule has 0 aliphatic carbocycles. The Balaban J connectivity index is 0.00000218. The molecule has 8 heteroatoms. The molecule has 1 aromatic heterocycles. The summed E-state index contributed by atoms with van der Waals surface area (Å²) < 4.78 is 7.39. The summed E-state index contributed by atoms with van der Waals surface area (Å²) in [5, 5.41) is 3.31. The van der Waals surface area contributed by atoms with Gasteiger partial charge in [-0.25, -0.2) is 9.78 Å². The van der Waals surface area contributed by atoms with Crippen LogP contribution in [0.4, 0.5) is 10.5 Å². The molecule has 3 heterocycles. The smallest absolute Gasteiger partial charge is 0.326 e. The topological polar surface area (TPSA) is 62.6 Å². The highest BCUT2D eigenvalue weighted by Crippen LogP contribution is 2.38. The Bertz CT molecular complexity index is 1040. The number of fused-ring (bicyclic) bond motifs is 3. The Morgan fingerprint density at radius 3 is 2.53 bits per heavy atom. The van der Waals surface area contributed by atoms with Crippen molar-refractivity contribution >= 4 is 24.1 Å². The molecule has 2 aromatic carbocycles. The molecule has 0 saturated carbocycles. The normalized spacial score (nSPS) is 15.1. The van der Waals surface area contributed by atoms with Crippen LogP contribution in [0.25, 0.3) is 22.6 Å². The van der Waals surface area contributed by atoms with Crippen LogP contribution in [0.2, 0.25) is 0 Å². The number of piperazine rings is 1. The number of ether oxygens (including phenoxy) is 1. The second-order valence-electron chi connectivity index (χ2n) is 7.23. The highest BCUT2D eigenvalue weighted by atomic mass is 35.5. The molecule has 2 amide bonds. The van der Waals surface area contributed by atoms with Gasteiger partial charge in [-0.1, -0.05) is 18.2 Å². The van der Waals surface area contributed by atoms with Gasteiger partial charge in [0.25, 0.3) is 0 Å². The first-order chi connectivity index (χ1) is 14.3. The zero-order valence-corrected chi connectivity index (χ0v) is 17.6. The molecule has 0 unspecified atom stereocenters. The fourth-order valence-corrected chi connectivity index (χ4v) is 4.04. The Morgan fingerprint density at radius 1 is 1.07 bits per heavy atom. The quantitative estimate of drug-likeness (QED) is 0.683. The Labute approximate surface area is 181 Å². The number of nitrogens with zero attached hydrogens (tertiary/aromatic N) is 4. The van der Waals surface area contributed by atoms with Crippen LogP contribution in [-0.2, 0) is 6.67 Å². The van der Waals surface area contributed by atoms with Gasteiger partial charge >= 0.3 is 6.03 Å². The molecule has 1 fully saturated rings. The van der Waals surface area contributed by atoms with E-state index in [0.29, 0.717) is 6.67 Å². The fraction of sp³-hybridized carbons (Fsp3) is 0.273. The number of rotatable bonds is 2. The van der Waals surface area contributed by atoms with Gasteiger partial charge in [0.1, 0.15) is 18.2 Å². The summed E-state index contributed by atoms with van der Waals surface area (Å²) in [6, 6.07) is 15.9. The van der Waals surface area contributed by atoms with E-state index in [0.717, 1.165) is 60.3 Å². The van der Waals surface area contributed by atoms with Crippen molar-refractivity contribution < 1.29 is 9.53 Å². The SMILES string of the molecule is COc1ccc(-c2ncc3n2CN(C(=O)N2CCNCC2)c2ccccc2-3)cc1.Cl. The number of anilines is 1. The van der Waals surface area contributed by atoms with Crippen LogP contribution in [0.3, 0.4) is 0 Å². The molecule has 0 bridgehead atoms. The third-order valence-electron chi connectivity index (χ3n) is 5.58. The van der Waals surface area contributed by atoms with Crippen LogP contribution in [0.5, 0.6) is 5.75 Å². The molecule has 0 radical (unpaired) electrons. The molecule has 2 aliphatic rings. The number of hydrogen-bond donors (Lipinski definition) is 1. The van der Waals surface area contributed by atoms with Gasteiger partial charge in [0.05, 0.1) is 24.7 Å². The van der Waals surface area contributed by atoms with E-state index in [1.54, 1.807) is 7.11 Å². The molecule has 156 valence electrons. The third kappa shape index (κ3) is 3.40. The van der Waals surface area contributed by atoms with Gasteiger partial charge in [-0.15, -0.1) is 12.4 Å². The molecular formula is C22H24ClN5O2. The average Bonchev–Trinajstić information content (AvgIpc) is 3.23. The van der Waals surface area contributed by atoms with E-state index < -0.39 is 0 Å². The van der Waals surface area contributed by atoms with Crippen LogP contribution >= 0.6 is 12.4 Å². The van der Waals surface area contributed by atoms with Crippen molar-refractivity contribution in [3.63, 3.8) is 0 Å². The van der Waals surface area contributed by atoms with Gasteiger partial charge in [0, 0.05) is 37.3 Å². The summed E-state index contributed by atoms with van der Waals surface area (Å²) in [4.78, 5) is 21.8. The number of hydrogen-bond acceptors (Lipinski definition) is 4. The lowest BCUT2D eigenvalue weighted by molar-refractivity contribution is 0.195. The predicted octanol–water partition coefficient (Wildman–Crippen LogP) is 3.45. The summed E-state index contributed by atoms with van der Waals surface area (Å²) in [5.41, 5.74) is 3.97. The van der Waals surface area contributed by atoms with E-state index >= 15 is 0 Å². The number of aromatic nitrogens is 2. The van der Waals surface area contributed by atoms with Gasteiger partial charge < -0.3 is 19.5 Å². The van der Waals surface area contributed by atoms with Crippen molar-refractivity contribution in [3.05, 3.63) is 54.7 Å². The molecule has 1 N–H and O–H groups in total. The molecule has 30 heavy (non-hydrogen) atoms. The number of carbonyl (C=O) groups is 1. The van der Waals surface area contributed by atoms with Gasteiger partial charge in [-0.2, -0.15) is 0 Å². The molecule has 1 saturated heterocycles.